The molecule has 0 aliphatic carbocycles. The van der Waals surface area contributed by atoms with Crippen LogP contribution >= 0.6 is 0 Å². The third-order valence-electron chi connectivity index (χ3n) is 6.58. The van der Waals surface area contributed by atoms with Crippen molar-refractivity contribution >= 4 is 17.9 Å². The summed E-state index contributed by atoms with van der Waals surface area (Å²) in [4.78, 5) is 15.4. The quantitative estimate of drug-likeness (QED) is 0.447. The van der Waals surface area contributed by atoms with E-state index >= 15 is 0 Å². The molecule has 2 aromatic rings. The van der Waals surface area contributed by atoms with Gasteiger partial charge in [-0.25, -0.2) is 8.78 Å². The number of piperidine rings is 1. The van der Waals surface area contributed by atoms with Gasteiger partial charge in [0, 0.05) is 41.9 Å². The Bertz CT molecular complexity index is 1140. The Morgan fingerprint density at radius 2 is 1.32 bits per heavy atom. The highest BCUT2D eigenvalue weighted by Gasteiger charge is 2.46. The average Bonchev–Trinajstić information content (AvgIpc) is 2.93. The number of carbonyl (C=O) groups is 1. The summed E-state index contributed by atoms with van der Waals surface area (Å²) in [5.41, 5.74) is 1.12. The summed E-state index contributed by atoms with van der Waals surface area (Å²) in [6.07, 6.45) is 5.12. The van der Waals surface area contributed by atoms with Gasteiger partial charge in [-0.1, -0.05) is 42.5 Å². The molecule has 1 saturated heterocycles. The zero-order valence-electron chi connectivity index (χ0n) is 19.9. The number of halogens is 2. The van der Waals surface area contributed by atoms with Crippen molar-refractivity contribution in [1.29, 1.82) is 0 Å². The van der Waals surface area contributed by atoms with Crippen LogP contribution in [0.5, 0.6) is 0 Å². The minimum Gasteiger partial charge on any atom is -0.291 e. The van der Waals surface area contributed by atoms with E-state index in [0.29, 0.717) is 41.9 Å². The highest BCUT2D eigenvalue weighted by atomic mass is 19.1. The predicted octanol–water partition coefficient (Wildman–Crippen LogP) is 5.46. The van der Waals surface area contributed by atoms with Crippen LogP contribution < -0.4 is 0 Å². The molecule has 0 atom stereocenters. The Hall–Kier alpha value is -2.93. The monoisotopic (exact) mass is 463 g/mol. The lowest BCUT2D eigenvalue weighted by Crippen LogP contribution is -2.48. The highest BCUT2D eigenvalue weighted by molar-refractivity contribution is 6.14. The molecule has 0 aromatic heterocycles. The van der Waals surface area contributed by atoms with E-state index in [1.165, 1.54) is 12.1 Å². The Morgan fingerprint density at radius 3 is 1.74 bits per heavy atom. The summed E-state index contributed by atoms with van der Waals surface area (Å²) in [7, 11) is 0. The molecular weight excluding hydrogens is 434 g/mol. The van der Waals surface area contributed by atoms with Crippen LogP contribution in [0.2, 0.25) is 0 Å². The van der Waals surface area contributed by atoms with Gasteiger partial charge in [-0.3, -0.25) is 9.69 Å². The number of Topliss-reactive ketones (excluding diaryl/α,β-unsaturated/α-hetero) is 1. The van der Waals surface area contributed by atoms with Crippen LogP contribution in [0.15, 0.2) is 71.3 Å². The Balaban J connectivity index is 1.72. The number of benzene rings is 2. The maximum Gasteiger partial charge on any atom is 0.187 e. The second-order valence-corrected chi connectivity index (χ2v) is 10.0. The number of carbonyl (C=O) groups excluding carboxylic acids is 1. The lowest BCUT2D eigenvalue weighted by atomic mass is 9.91. The van der Waals surface area contributed by atoms with E-state index in [1.54, 1.807) is 48.6 Å². The van der Waals surface area contributed by atoms with Gasteiger partial charge in [-0.05, 0) is 57.6 Å². The van der Waals surface area contributed by atoms with Gasteiger partial charge < -0.3 is 0 Å². The molecule has 1 fully saturated rings. The minimum absolute atomic E-state index is 0.229. The molecule has 4 nitrogen and oxygen atoms in total. The normalized spacial score (nSPS) is 23.0. The number of hydrogen-bond donors (Lipinski definition) is 0. The number of rotatable bonds is 4. The van der Waals surface area contributed by atoms with Crippen molar-refractivity contribution in [2.75, 3.05) is 19.6 Å². The SMILES string of the molecule is CC1(C)C=C(CN2C/C(=C\c3ccccc3F)C(=O)/C(=C/c3ccccc3F)C2)C(C)(C)N1[O]. The zero-order valence-corrected chi connectivity index (χ0v) is 19.9. The van der Waals surface area contributed by atoms with Crippen LogP contribution in [0.3, 0.4) is 0 Å². The number of hydrogen-bond acceptors (Lipinski definition) is 3. The van der Waals surface area contributed by atoms with E-state index in [9.17, 15) is 18.8 Å². The van der Waals surface area contributed by atoms with Gasteiger partial charge in [-0.2, -0.15) is 0 Å². The molecule has 0 bridgehead atoms. The maximum atomic E-state index is 14.3. The number of nitrogens with zero attached hydrogens (tertiary/aromatic N) is 2. The fourth-order valence-corrected chi connectivity index (χ4v) is 4.77. The molecule has 2 aromatic carbocycles. The molecule has 2 aliphatic heterocycles. The summed E-state index contributed by atoms with van der Waals surface area (Å²) in [5, 5.41) is 13.9. The van der Waals surface area contributed by atoms with Gasteiger partial charge >= 0.3 is 0 Å². The van der Waals surface area contributed by atoms with Crippen LogP contribution in [0.4, 0.5) is 8.78 Å². The van der Waals surface area contributed by atoms with Crippen molar-refractivity contribution in [3.63, 3.8) is 0 Å². The van der Waals surface area contributed by atoms with Crippen molar-refractivity contribution in [1.82, 2.24) is 9.96 Å². The molecular formula is C28H29F2N2O2. The molecule has 0 saturated carbocycles. The lowest BCUT2D eigenvalue weighted by molar-refractivity contribution is -0.238. The maximum absolute atomic E-state index is 14.3. The van der Waals surface area contributed by atoms with E-state index < -0.39 is 22.7 Å². The fourth-order valence-electron chi connectivity index (χ4n) is 4.77. The van der Waals surface area contributed by atoms with Crippen LogP contribution in [0.25, 0.3) is 12.2 Å². The lowest BCUT2D eigenvalue weighted by Gasteiger charge is -2.36. The van der Waals surface area contributed by atoms with Crippen molar-refractivity contribution in [2.24, 2.45) is 0 Å². The van der Waals surface area contributed by atoms with E-state index in [1.807, 2.05) is 38.7 Å². The van der Waals surface area contributed by atoms with Gasteiger partial charge in [0.05, 0.1) is 11.1 Å². The first-order valence-corrected chi connectivity index (χ1v) is 11.4. The number of likely N-dealkylation sites (tertiary alicyclic amines) is 1. The summed E-state index contributed by atoms with van der Waals surface area (Å²) < 4.78 is 28.7. The molecule has 34 heavy (non-hydrogen) atoms. The molecule has 0 spiro atoms. The first-order chi connectivity index (χ1) is 16.0. The second-order valence-electron chi connectivity index (χ2n) is 10.0. The Kier molecular flexibility index (Phi) is 6.42. The summed E-state index contributed by atoms with van der Waals surface area (Å²) in [5.74, 6) is -1.06. The molecule has 4 rings (SSSR count). The highest BCUT2D eigenvalue weighted by Crippen LogP contribution is 2.39. The summed E-state index contributed by atoms with van der Waals surface area (Å²) >= 11 is 0. The third-order valence-corrected chi connectivity index (χ3v) is 6.58. The summed E-state index contributed by atoms with van der Waals surface area (Å²) in [6, 6.07) is 12.6. The molecule has 0 N–H and O–H groups in total. The topological polar surface area (TPSA) is 43.5 Å². The smallest absolute Gasteiger partial charge is 0.187 e. The van der Waals surface area contributed by atoms with Crippen LogP contribution in [0, 0.1) is 11.6 Å². The molecule has 0 amide bonds. The molecule has 6 heteroatoms. The third kappa shape index (κ3) is 4.67. The van der Waals surface area contributed by atoms with E-state index in [0.717, 1.165) is 10.6 Å². The molecule has 0 unspecified atom stereocenters. The van der Waals surface area contributed by atoms with Crippen LogP contribution in [-0.4, -0.2) is 46.5 Å². The molecule has 177 valence electrons. The van der Waals surface area contributed by atoms with Gasteiger partial charge in [0.15, 0.2) is 5.78 Å². The predicted molar refractivity (Wildman–Crippen MR) is 129 cm³/mol. The van der Waals surface area contributed by atoms with Gasteiger partial charge in [0.25, 0.3) is 0 Å². The summed E-state index contributed by atoms with van der Waals surface area (Å²) in [6.45, 7) is 8.60. The Morgan fingerprint density at radius 1 is 0.853 bits per heavy atom. The molecule has 1 radical (unpaired) electrons. The minimum atomic E-state index is -0.699. The van der Waals surface area contributed by atoms with E-state index in [4.69, 9.17) is 0 Å². The largest absolute Gasteiger partial charge is 0.291 e. The van der Waals surface area contributed by atoms with E-state index in [2.05, 4.69) is 0 Å². The standard InChI is InChI=1S/C28H29F2N2O2/c1-27(2)15-23(28(3,4)32(27)34)18-31-16-21(13-19-9-5-7-11-24(19)29)26(33)22(17-31)14-20-10-6-8-12-25(20)30/h5-15H,16-18H2,1-4H3/b21-13+,22-14+. The first-order valence-electron chi connectivity index (χ1n) is 11.4. The fraction of sp³-hybridized carbons (Fsp3) is 0.321. The molecule has 2 heterocycles. The van der Waals surface area contributed by atoms with Gasteiger partial charge in [0.1, 0.15) is 11.6 Å². The van der Waals surface area contributed by atoms with Crippen molar-refractivity contribution in [3.05, 3.63) is 94.1 Å². The van der Waals surface area contributed by atoms with Gasteiger partial charge in [0.2, 0.25) is 0 Å². The van der Waals surface area contributed by atoms with Crippen molar-refractivity contribution < 1.29 is 18.8 Å². The molecule has 2 aliphatic rings. The first kappa shape index (κ1) is 24.2. The van der Waals surface area contributed by atoms with Crippen molar-refractivity contribution in [2.45, 2.75) is 38.8 Å². The number of ketones is 1. The zero-order chi connectivity index (χ0) is 24.7. The van der Waals surface area contributed by atoms with E-state index in [-0.39, 0.29) is 5.78 Å². The van der Waals surface area contributed by atoms with Crippen molar-refractivity contribution in [3.8, 4) is 0 Å². The Labute approximate surface area is 199 Å². The number of hydroxylamine groups is 2. The van der Waals surface area contributed by atoms with Gasteiger partial charge in [-0.15, -0.1) is 10.3 Å². The van der Waals surface area contributed by atoms with Crippen LogP contribution in [0.1, 0.15) is 38.8 Å². The second kappa shape index (κ2) is 9.02. The average molecular weight is 464 g/mol. The van der Waals surface area contributed by atoms with Crippen LogP contribution in [-0.2, 0) is 10.0 Å².